The second kappa shape index (κ2) is 4.86. The molecule has 2 aromatic rings. The van der Waals surface area contributed by atoms with E-state index in [9.17, 15) is 0 Å². The van der Waals surface area contributed by atoms with Crippen LogP contribution in [0.25, 0.3) is 0 Å². The molecule has 5 nitrogen and oxygen atoms in total. The molecule has 0 bridgehead atoms. The fourth-order valence-corrected chi connectivity index (χ4v) is 1.50. The quantitative estimate of drug-likeness (QED) is 0.872. The van der Waals surface area contributed by atoms with E-state index in [1.807, 2.05) is 38.2 Å². The average Bonchev–Trinajstić information content (AvgIpc) is 2.68. The molecular weight excluding hydrogens is 216 g/mol. The molecule has 0 aliphatic rings. The predicted octanol–water partition coefficient (Wildman–Crippen LogP) is 1.74. The summed E-state index contributed by atoms with van der Waals surface area (Å²) in [5, 5.41) is 7.07. The Kier molecular flexibility index (Phi) is 3.27. The van der Waals surface area contributed by atoms with Crippen LogP contribution in [0.3, 0.4) is 0 Å². The Bertz CT molecular complexity index is 507. The van der Waals surface area contributed by atoms with Crippen molar-refractivity contribution in [1.29, 1.82) is 0 Å². The Morgan fingerprint density at radius 2 is 2.24 bits per heavy atom. The van der Waals surface area contributed by atoms with Crippen LogP contribution >= 0.6 is 0 Å². The highest BCUT2D eigenvalue weighted by Gasteiger charge is 2.06. The first kappa shape index (κ1) is 11.4. The van der Waals surface area contributed by atoms with Gasteiger partial charge in [-0.1, -0.05) is 12.1 Å². The number of nitrogens with one attached hydrogen (secondary N) is 1. The maximum absolute atomic E-state index is 5.66. The van der Waals surface area contributed by atoms with E-state index in [0.29, 0.717) is 12.6 Å². The third-order valence-electron chi connectivity index (χ3n) is 2.43. The standard InChI is InChI=1S/C12H16N4O/c1-9-5-4-6-10(7-9)17-8-11-14-12(13-2)15-16(11)3/h4-7H,8H2,1-3H3,(H,13,15). The van der Waals surface area contributed by atoms with Crippen molar-refractivity contribution >= 4 is 5.95 Å². The van der Waals surface area contributed by atoms with Crippen LogP contribution in [0.5, 0.6) is 5.75 Å². The van der Waals surface area contributed by atoms with E-state index in [4.69, 9.17) is 4.74 Å². The number of rotatable bonds is 4. The van der Waals surface area contributed by atoms with Crippen LogP contribution < -0.4 is 10.1 Å². The molecule has 1 N–H and O–H groups in total. The summed E-state index contributed by atoms with van der Waals surface area (Å²) >= 11 is 0. The number of aromatic nitrogens is 3. The number of hydrogen-bond acceptors (Lipinski definition) is 4. The van der Waals surface area contributed by atoms with Crippen molar-refractivity contribution in [2.24, 2.45) is 7.05 Å². The largest absolute Gasteiger partial charge is 0.486 e. The second-order valence-electron chi connectivity index (χ2n) is 3.83. The summed E-state index contributed by atoms with van der Waals surface area (Å²) in [5.74, 6) is 2.24. The van der Waals surface area contributed by atoms with Gasteiger partial charge in [0.15, 0.2) is 5.82 Å². The molecule has 0 saturated carbocycles. The van der Waals surface area contributed by atoms with Crippen LogP contribution in [0.15, 0.2) is 24.3 Å². The van der Waals surface area contributed by atoms with E-state index in [0.717, 1.165) is 11.6 Å². The Labute approximate surface area is 100 Å². The minimum atomic E-state index is 0.411. The number of hydrogen-bond donors (Lipinski definition) is 1. The van der Waals surface area contributed by atoms with Crippen LogP contribution in [0.4, 0.5) is 5.95 Å². The van der Waals surface area contributed by atoms with Crippen molar-refractivity contribution in [2.45, 2.75) is 13.5 Å². The first-order valence-corrected chi connectivity index (χ1v) is 5.46. The Morgan fingerprint density at radius 3 is 2.88 bits per heavy atom. The topological polar surface area (TPSA) is 52.0 Å². The SMILES string of the molecule is CNc1nc(COc2cccc(C)c2)n(C)n1. The van der Waals surface area contributed by atoms with Crippen LogP contribution in [0.1, 0.15) is 11.4 Å². The summed E-state index contributed by atoms with van der Waals surface area (Å²) in [4.78, 5) is 4.28. The van der Waals surface area contributed by atoms with Crippen LogP contribution in [-0.4, -0.2) is 21.8 Å². The molecule has 0 spiro atoms. The summed E-state index contributed by atoms with van der Waals surface area (Å²) < 4.78 is 7.37. The highest BCUT2D eigenvalue weighted by atomic mass is 16.5. The predicted molar refractivity (Wildman–Crippen MR) is 66.1 cm³/mol. The van der Waals surface area contributed by atoms with Gasteiger partial charge in [-0.05, 0) is 24.6 Å². The molecule has 1 heterocycles. The molecular formula is C12H16N4O. The van der Waals surface area contributed by atoms with Crippen LogP contribution in [0.2, 0.25) is 0 Å². The van der Waals surface area contributed by atoms with Gasteiger partial charge in [0.05, 0.1) is 0 Å². The lowest BCUT2D eigenvalue weighted by Crippen LogP contribution is -2.04. The second-order valence-corrected chi connectivity index (χ2v) is 3.83. The van der Waals surface area contributed by atoms with Crippen molar-refractivity contribution in [3.05, 3.63) is 35.7 Å². The van der Waals surface area contributed by atoms with Crippen molar-refractivity contribution in [1.82, 2.24) is 14.8 Å². The fourth-order valence-electron chi connectivity index (χ4n) is 1.50. The lowest BCUT2D eigenvalue weighted by Gasteiger charge is -2.05. The normalized spacial score (nSPS) is 10.3. The zero-order valence-electron chi connectivity index (χ0n) is 10.3. The van der Waals surface area contributed by atoms with E-state index < -0.39 is 0 Å². The Hall–Kier alpha value is -2.04. The lowest BCUT2D eigenvalue weighted by molar-refractivity contribution is 0.289. The molecule has 0 fully saturated rings. The molecule has 0 aliphatic carbocycles. The van der Waals surface area contributed by atoms with E-state index >= 15 is 0 Å². The molecule has 1 aromatic heterocycles. The number of nitrogens with zero attached hydrogens (tertiary/aromatic N) is 3. The van der Waals surface area contributed by atoms with Crippen LogP contribution in [0, 0.1) is 6.92 Å². The van der Waals surface area contributed by atoms with Gasteiger partial charge in [0.2, 0.25) is 5.95 Å². The minimum Gasteiger partial charge on any atom is -0.486 e. The van der Waals surface area contributed by atoms with Crippen molar-refractivity contribution in [3.8, 4) is 5.75 Å². The van der Waals surface area contributed by atoms with Gasteiger partial charge in [0.25, 0.3) is 0 Å². The summed E-state index contributed by atoms with van der Waals surface area (Å²) in [5.41, 5.74) is 1.18. The molecule has 5 heteroatoms. The van der Waals surface area contributed by atoms with E-state index in [1.54, 1.807) is 11.7 Å². The lowest BCUT2D eigenvalue weighted by atomic mass is 10.2. The summed E-state index contributed by atoms with van der Waals surface area (Å²) in [6, 6.07) is 7.94. The van der Waals surface area contributed by atoms with Crippen molar-refractivity contribution in [2.75, 3.05) is 12.4 Å². The highest BCUT2D eigenvalue weighted by Crippen LogP contribution is 2.14. The maximum Gasteiger partial charge on any atom is 0.242 e. The number of anilines is 1. The molecule has 17 heavy (non-hydrogen) atoms. The smallest absolute Gasteiger partial charge is 0.242 e. The van der Waals surface area contributed by atoms with Crippen LogP contribution in [-0.2, 0) is 13.7 Å². The fraction of sp³-hybridized carbons (Fsp3) is 0.333. The van der Waals surface area contributed by atoms with Gasteiger partial charge in [-0.25, -0.2) is 4.68 Å². The molecule has 0 radical (unpaired) electrons. The molecule has 0 unspecified atom stereocenters. The summed E-state index contributed by atoms with van der Waals surface area (Å²) in [6.07, 6.45) is 0. The number of ether oxygens (including phenoxy) is 1. The third kappa shape index (κ3) is 2.75. The Balaban J connectivity index is 2.04. The third-order valence-corrected chi connectivity index (χ3v) is 2.43. The van der Waals surface area contributed by atoms with Gasteiger partial charge < -0.3 is 10.1 Å². The van der Waals surface area contributed by atoms with Gasteiger partial charge in [-0.2, -0.15) is 4.98 Å². The zero-order valence-corrected chi connectivity index (χ0v) is 10.3. The van der Waals surface area contributed by atoms with Gasteiger partial charge in [-0.15, -0.1) is 5.10 Å². The number of benzene rings is 1. The number of aryl methyl sites for hydroxylation is 2. The molecule has 0 aliphatic heterocycles. The molecule has 90 valence electrons. The van der Waals surface area contributed by atoms with E-state index in [-0.39, 0.29) is 0 Å². The van der Waals surface area contributed by atoms with Gasteiger partial charge in [-0.3, -0.25) is 0 Å². The van der Waals surface area contributed by atoms with Gasteiger partial charge in [0.1, 0.15) is 12.4 Å². The monoisotopic (exact) mass is 232 g/mol. The molecule has 0 saturated heterocycles. The molecule has 0 atom stereocenters. The maximum atomic E-state index is 5.66. The first-order chi connectivity index (χ1) is 8.19. The van der Waals surface area contributed by atoms with E-state index in [1.165, 1.54) is 5.56 Å². The highest BCUT2D eigenvalue weighted by molar-refractivity contribution is 5.27. The average molecular weight is 232 g/mol. The zero-order chi connectivity index (χ0) is 12.3. The molecule has 1 aromatic carbocycles. The Morgan fingerprint density at radius 1 is 1.41 bits per heavy atom. The van der Waals surface area contributed by atoms with E-state index in [2.05, 4.69) is 15.4 Å². The molecule has 0 amide bonds. The summed E-state index contributed by atoms with van der Waals surface area (Å²) in [6.45, 7) is 2.45. The van der Waals surface area contributed by atoms with Gasteiger partial charge >= 0.3 is 0 Å². The van der Waals surface area contributed by atoms with Crippen molar-refractivity contribution in [3.63, 3.8) is 0 Å². The van der Waals surface area contributed by atoms with Crippen molar-refractivity contribution < 1.29 is 4.74 Å². The molecule has 2 rings (SSSR count). The van der Waals surface area contributed by atoms with Gasteiger partial charge in [0, 0.05) is 14.1 Å². The minimum absolute atomic E-state index is 0.411. The first-order valence-electron chi connectivity index (χ1n) is 5.46. The summed E-state index contributed by atoms with van der Waals surface area (Å²) in [7, 11) is 3.64.